The smallest absolute Gasteiger partial charge is 0.178 e. The van der Waals surface area contributed by atoms with Crippen molar-refractivity contribution in [1.29, 1.82) is 0 Å². The van der Waals surface area contributed by atoms with Crippen LogP contribution in [0.2, 0.25) is 0 Å². The molecule has 0 bridgehead atoms. The van der Waals surface area contributed by atoms with Crippen LogP contribution in [0.3, 0.4) is 0 Å². The third-order valence-corrected chi connectivity index (χ3v) is 3.83. The van der Waals surface area contributed by atoms with Crippen LogP contribution in [0.25, 0.3) is 11.2 Å². The van der Waals surface area contributed by atoms with Crippen molar-refractivity contribution in [3.63, 3.8) is 0 Å². The van der Waals surface area contributed by atoms with E-state index in [0.717, 1.165) is 55.5 Å². The lowest BCUT2D eigenvalue weighted by Gasteiger charge is -2.31. The molecule has 1 fully saturated rings. The Kier molecular flexibility index (Phi) is 3.60. The Labute approximate surface area is 123 Å². The number of nitrogens with zero attached hydrogens (tertiary/aromatic N) is 5. The number of halogens is 1. The largest absolute Gasteiger partial charge is 0.378 e. The van der Waals surface area contributed by atoms with Gasteiger partial charge in [0.2, 0.25) is 0 Å². The molecule has 7 heteroatoms. The number of rotatable bonds is 3. The first-order valence-electron chi connectivity index (χ1n) is 7.06. The fourth-order valence-electron chi connectivity index (χ4n) is 2.68. The molecule has 3 heterocycles. The van der Waals surface area contributed by atoms with Crippen LogP contribution in [0.4, 0.5) is 0 Å². The minimum Gasteiger partial charge on any atom is -0.378 e. The SMILES string of the molecule is CCn1nc(C)c2nc(C(C)Cl)n(N3CCOCC3)c21. The summed E-state index contributed by atoms with van der Waals surface area (Å²) in [5, 5.41) is 6.66. The summed E-state index contributed by atoms with van der Waals surface area (Å²) < 4.78 is 9.57. The molecule has 20 heavy (non-hydrogen) atoms. The van der Waals surface area contributed by atoms with Crippen LogP contribution in [0.5, 0.6) is 0 Å². The molecule has 2 aromatic rings. The molecule has 0 N–H and O–H groups in total. The molecule has 1 unspecified atom stereocenters. The number of hydrogen-bond donors (Lipinski definition) is 0. The average molecular weight is 298 g/mol. The molecule has 110 valence electrons. The fraction of sp³-hybridized carbons (Fsp3) is 0.692. The third kappa shape index (κ3) is 2.07. The maximum absolute atomic E-state index is 6.33. The second kappa shape index (κ2) is 5.26. The second-order valence-electron chi connectivity index (χ2n) is 5.04. The minimum atomic E-state index is -0.144. The van der Waals surface area contributed by atoms with Gasteiger partial charge < -0.3 is 9.75 Å². The number of alkyl halides is 1. The van der Waals surface area contributed by atoms with Crippen molar-refractivity contribution < 1.29 is 4.74 Å². The van der Waals surface area contributed by atoms with Gasteiger partial charge in [0.1, 0.15) is 11.3 Å². The molecule has 1 atom stereocenters. The van der Waals surface area contributed by atoms with Crippen LogP contribution in [0.15, 0.2) is 0 Å². The highest BCUT2D eigenvalue weighted by molar-refractivity contribution is 6.20. The number of aromatic nitrogens is 4. The van der Waals surface area contributed by atoms with Crippen molar-refractivity contribution in [3.05, 3.63) is 11.5 Å². The first-order valence-corrected chi connectivity index (χ1v) is 7.50. The number of imidazole rings is 1. The number of morpholine rings is 1. The van der Waals surface area contributed by atoms with E-state index in [0.29, 0.717) is 0 Å². The van der Waals surface area contributed by atoms with E-state index in [2.05, 4.69) is 21.7 Å². The van der Waals surface area contributed by atoms with Gasteiger partial charge in [0.25, 0.3) is 0 Å². The van der Waals surface area contributed by atoms with E-state index in [4.69, 9.17) is 21.3 Å². The normalized spacial score (nSPS) is 17.9. The van der Waals surface area contributed by atoms with Crippen LogP contribution >= 0.6 is 11.6 Å². The zero-order valence-corrected chi connectivity index (χ0v) is 12.9. The Morgan fingerprint density at radius 1 is 1.35 bits per heavy atom. The molecule has 6 nitrogen and oxygen atoms in total. The number of ether oxygens (including phenoxy) is 1. The van der Waals surface area contributed by atoms with Gasteiger partial charge in [-0.2, -0.15) is 5.10 Å². The van der Waals surface area contributed by atoms with Crippen molar-refractivity contribution >= 4 is 22.8 Å². The van der Waals surface area contributed by atoms with Crippen LogP contribution < -0.4 is 5.01 Å². The third-order valence-electron chi connectivity index (χ3n) is 3.64. The maximum atomic E-state index is 6.33. The first kappa shape index (κ1) is 13.7. The molecule has 2 aromatic heterocycles. The van der Waals surface area contributed by atoms with Crippen LogP contribution in [0.1, 0.15) is 30.7 Å². The highest BCUT2D eigenvalue weighted by Crippen LogP contribution is 2.27. The summed E-state index contributed by atoms with van der Waals surface area (Å²) in [5.41, 5.74) is 2.93. The lowest BCUT2D eigenvalue weighted by atomic mass is 10.4. The molecule has 0 radical (unpaired) electrons. The van der Waals surface area contributed by atoms with E-state index in [1.54, 1.807) is 0 Å². The van der Waals surface area contributed by atoms with Gasteiger partial charge in [-0.1, -0.05) is 0 Å². The van der Waals surface area contributed by atoms with Crippen molar-refractivity contribution in [1.82, 2.24) is 19.4 Å². The predicted octanol–water partition coefficient (Wildman–Crippen LogP) is 1.83. The highest BCUT2D eigenvalue weighted by Gasteiger charge is 2.25. The molecule has 0 spiro atoms. The zero-order chi connectivity index (χ0) is 14.3. The number of hydrogen-bond acceptors (Lipinski definition) is 4. The van der Waals surface area contributed by atoms with Gasteiger partial charge in [-0.3, -0.25) is 0 Å². The average Bonchev–Trinajstić information content (AvgIpc) is 2.98. The van der Waals surface area contributed by atoms with E-state index in [1.807, 2.05) is 18.5 Å². The summed E-state index contributed by atoms with van der Waals surface area (Å²) in [5.74, 6) is 0.881. The predicted molar refractivity (Wildman–Crippen MR) is 79.0 cm³/mol. The van der Waals surface area contributed by atoms with E-state index in [9.17, 15) is 0 Å². The Bertz CT molecular complexity index is 612. The Morgan fingerprint density at radius 3 is 2.65 bits per heavy atom. The molecular formula is C13H20ClN5O. The topological polar surface area (TPSA) is 48.1 Å². The highest BCUT2D eigenvalue weighted by atomic mass is 35.5. The van der Waals surface area contributed by atoms with Crippen molar-refractivity contribution in [2.75, 3.05) is 31.3 Å². The van der Waals surface area contributed by atoms with Crippen molar-refractivity contribution in [2.45, 2.75) is 32.7 Å². The van der Waals surface area contributed by atoms with Crippen molar-refractivity contribution in [3.8, 4) is 0 Å². The summed E-state index contributed by atoms with van der Waals surface area (Å²) in [6.07, 6.45) is 0. The molecule has 0 aromatic carbocycles. The number of fused-ring (bicyclic) bond motifs is 1. The van der Waals surface area contributed by atoms with Crippen LogP contribution in [-0.4, -0.2) is 45.7 Å². The quantitative estimate of drug-likeness (QED) is 0.811. The number of aryl methyl sites for hydroxylation is 2. The van der Waals surface area contributed by atoms with Gasteiger partial charge in [0.05, 0.1) is 37.4 Å². The summed E-state index contributed by atoms with van der Waals surface area (Å²) in [4.78, 5) is 4.72. The molecule has 1 aliphatic rings. The van der Waals surface area contributed by atoms with Crippen molar-refractivity contribution in [2.24, 2.45) is 0 Å². The second-order valence-corrected chi connectivity index (χ2v) is 5.69. The van der Waals surface area contributed by atoms with Gasteiger partial charge in [0, 0.05) is 6.54 Å². The van der Waals surface area contributed by atoms with E-state index in [1.165, 1.54) is 0 Å². The monoisotopic (exact) mass is 297 g/mol. The van der Waals surface area contributed by atoms with Crippen LogP contribution in [-0.2, 0) is 11.3 Å². The molecule has 3 rings (SSSR count). The summed E-state index contributed by atoms with van der Waals surface area (Å²) in [6, 6.07) is 0. The lowest BCUT2D eigenvalue weighted by molar-refractivity contribution is 0.111. The summed E-state index contributed by atoms with van der Waals surface area (Å²) in [6.45, 7) is 10.0. The fourth-order valence-corrected chi connectivity index (χ4v) is 2.82. The minimum absolute atomic E-state index is 0.144. The van der Waals surface area contributed by atoms with E-state index < -0.39 is 0 Å². The molecular weight excluding hydrogens is 278 g/mol. The summed E-state index contributed by atoms with van der Waals surface area (Å²) >= 11 is 6.33. The molecule has 0 amide bonds. The Balaban J connectivity index is 2.21. The molecule has 0 aliphatic carbocycles. The molecule has 1 aliphatic heterocycles. The standard InChI is InChI=1S/C13H20ClN5O/c1-4-18-13-11(10(3)16-18)15-12(9(2)14)19(13)17-5-7-20-8-6-17/h9H,4-8H2,1-3H3. The summed E-state index contributed by atoms with van der Waals surface area (Å²) in [7, 11) is 0. The van der Waals surface area contributed by atoms with Gasteiger partial charge in [0.15, 0.2) is 5.65 Å². The van der Waals surface area contributed by atoms with Gasteiger partial charge in [-0.15, -0.1) is 11.6 Å². The first-order chi connectivity index (χ1) is 9.63. The molecule has 1 saturated heterocycles. The van der Waals surface area contributed by atoms with E-state index in [-0.39, 0.29) is 5.38 Å². The maximum Gasteiger partial charge on any atom is 0.178 e. The van der Waals surface area contributed by atoms with Gasteiger partial charge in [-0.25, -0.2) is 14.3 Å². The Morgan fingerprint density at radius 2 is 2.05 bits per heavy atom. The van der Waals surface area contributed by atoms with E-state index >= 15 is 0 Å². The van der Waals surface area contributed by atoms with Gasteiger partial charge >= 0.3 is 0 Å². The van der Waals surface area contributed by atoms with Crippen LogP contribution in [0, 0.1) is 6.92 Å². The lowest BCUT2D eigenvalue weighted by Crippen LogP contribution is -2.45. The molecule has 0 saturated carbocycles. The zero-order valence-electron chi connectivity index (χ0n) is 12.1. The van der Waals surface area contributed by atoms with Gasteiger partial charge in [-0.05, 0) is 20.8 Å². The Hall–Kier alpha value is -1.27.